The third-order valence-electron chi connectivity index (χ3n) is 5.05. The van der Waals surface area contributed by atoms with Gasteiger partial charge in [-0.15, -0.1) is 0 Å². The molecule has 24 heavy (non-hydrogen) atoms. The molecular formula is C18H27N3O3. The van der Waals surface area contributed by atoms with Crippen molar-refractivity contribution in [2.45, 2.75) is 38.9 Å². The minimum Gasteiger partial charge on any atom is -0.373 e. The number of hydrogen-bond donors (Lipinski definition) is 0. The average Bonchev–Trinajstić information content (AvgIpc) is 2.55. The van der Waals surface area contributed by atoms with Gasteiger partial charge in [-0.1, -0.05) is 0 Å². The Morgan fingerprint density at radius 2 is 1.71 bits per heavy atom. The number of anilines is 1. The number of nitro benzene ring substituents is 1. The maximum Gasteiger partial charge on any atom is 0.269 e. The summed E-state index contributed by atoms with van der Waals surface area (Å²) in [7, 11) is 0. The fourth-order valence-corrected chi connectivity index (χ4v) is 3.96. The van der Waals surface area contributed by atoms with Gasteiger partial charge in [0.25, 0.3) is 5.69 Å². The van der Waals surface area contributed by atoms with E-state index >= 15 is 0 Å². The summed E-state index contributed by atoms with van der Waals surface area (Å²) >= 11 is 0. The molecule has 0 saturated carbocycles. The van der Waals surface area contributed by atoms with E-state index in [-0.39, 0.29) is 10.6 Å². The molecule has 0 N–H and O–H groups in total. The minimum atomic E-state index is -0.347. The van der Waals surface area contributed by atoms with Crippen molar-refractivity contribution in [3.63, 3.8) is 0 Å². The van der Waals surface area contributed by atoms with E-state index in [1.54, 1.807) is 12.1 Å². The Balaban J connectivity index is 1.49. The number of non-ortho nitro benzene ring substituents is 1. The van der Waals surface area contributed by atoms with Gasteiger partial charge in [0, 0.05) is 50.5 Å². The Kier molecular flexibility index (Phi) is 5.36. The fourth-order valence-electron chi connectivity index (χ4n) is 3.96. The predicted octanol–water partition coefficient (Wildman–Crippen LogP) is 2.92. The Labute approximate surface area is 143 Å². The third kappa shape index (κ3) is 4.24. The Morgan fingerprint density at radius 1 is 1.12 bits per heavy atom. The molecule has 132 valence electrons. The van der Waals surface area contributed by atoms with E-state index < -0.39 is 0 Å². The Hall–Kier alpha value is -1.66. The second kappa shape index (κ2) is 7.49. The molecule has 2 fully saturated rings. The van der Waals surface area contributed by atoms with Crippen molar-refractivity contribution in [1.29, 1.82) is 0 Å². The molecule has 2 aliphatic heterocycles. The van der Waals surface area contributed by atoms with Gasteiger partial charge in [0.15, 0.2) is 0 Å². The molecule has 3 rings (SSSR count). The van der Waals surface area contributed by atoms with Crippen LogP contribution >= 0.6 is 0 Å². The predicted molar refractivity (Wildman–Crippen MR) is 94.5 cm³/mol. The molecule has 0 radical (unpaired) electrons. The molecule has 2 atom stereocenters. The van der Waals surface area contributed by atoms with Crippen molar-refractivity contribution >= 4 is 11.4 Å². The normalized spacial score (nSPS) is 26.5. The molecule has 2 heterocycles. The molecule has 0 spiro atoms. The first kappa shape index (κ1) is 17.2. The maximum absolute atomic E-state index is 10.7. The van der Waals surface area contributed by atoms with Crippen molar-refractivity contribution in [3.8, 4) is 0 Å². The summed E-state index contributed by atoms with van der Waals surface area (Å²) in [6.45, 7) is 9.58. The highest BCUT2D eigenvalue weighted by atomic mass is 16.6. The van der Waals surface area contributed by atoms with Crippen LogP contribution in [-0.4, -0.2) is 54.8 Å². The fraction of sp³-hybridized carbons (Fsp3) is 0.667. The van der Waals surface area contributed by atoms with Crippen LogP contribution < -0.4 is 4.90 Å². The zero-order valence-corrected chi connectivity index (χ0v) is 14.6. The average molecular weight is 333 g/mol. The summed E-state index contributed by atoms with van der Waals surface area (Å²) in [6, 6.07) is 6.92. The van der Waals surface area contributed by atoms with Gasteiger partial charge in [0.05, 0.1) is 17.1 Å². The molecular weight excluding hydrogens is 306 g/mol. The summed E-state index contributed by atoms with van der Waals surface area (Å²) in [4.78, 5) is 15.3. The Morgan fingerprint density at radius 3 is 2.25 bits per heavy atom. The largest absolute Gasteiger partial charge is 0.373 e. The van der Waals surface area contributed by atoms with Crippen molar-refractivity contribution in [3.05, 3.63) is 34.4 Å². The van der Waals surface area contributed by atoms with E-state index in [9.17, 15) is 10.1 Å². The van der Waals surface area contributed by atoms with Crippen LogP contribution in [0.5, 0.6) is 0 Å². The molecule has 2 unspecified atom stereocenters. The van der Waals surface area contributed by atoms with E-state index in [4.69, 9.17) is 4.74 Å². The van der Waals surface area contributed by atoms with Crippen LogP contribution in [0.3, 0.4) is 0 Å². The van der Waals surface area contributed by atoms with Crippen molar-refractivity contribution in [1.82, 2.24) is 4.90 Å². The van der Waals surface area contributed by atoms with Crippen LogP contribution in [0.4, 0.5) is 11.4 Å². The zero-order valence-electron chi connectivity index (χ0n) is 14.6. The lowest BCUT2D eigenvalue weighted by molar-refractivity contribution is -0.384. The van der Waals surface area contributed by atoms with E-state index in [1.807, 2.05) is 12.1 Å². The quantitative estimate of drug-likeness (QED) is 0.626. The van der Waals surface area contributed by atoms with Gasteiger partial charge in [-0.25, -0.2) is 0 Å². The Bertz CT molecular complexity index is 545. The molecule has 1 aromatic rings. The topological polar surface area (TPSA) is 58.9 Å². The molecule has 0 amide bonds. The molecule has 2 aliphatic rings. The van der Waals surface area contributed by atoms with E-state index in [2.05, 4.69) is 23.6 Å². The number of piperidine rings is 1. The second-order valence-electron chi connectivity index (χ2n) is 7.18. The lowest BCUT2D eigenvalue weighted by Gasteiger charge is -2.40. The summed E-state index contributed by atoms with van der Waals surface area (Å²) < 4.78 is 5.81. The third-order valence-corrected chi connectivity index (χ3v) is 5.05. The number of benzene rings is 1. The van der Waals surface area contributed by atoms with Crippen molar-refractivity contribution in [2.75, 3.05) is 37.6 Å². The second-order valence-corrected chi connectivity index (χ2v) is 7.18. The van der Waals surface area contributed by atoms with Gasteiger partial charge in [0.2, 0.25) is 0 Å². The standard InChI is InChI=1S/C18H27N3O3/c1-14-11-19(12-15(2)24-14)13-16-7-9-20(10-8-16)17-3-5-18(6-4-17)21(22)23/h3-6,14-16H,7-13H2,1-2H3. The first-order valence-electron chi connectivity index (χ1n) is 8.88. The highest BCUT2D eigenvalue weighted by Crippen LogP contribution is 2.26. The van der Waals surface area contributed by atoms with Gasteiger partial charge in [-0.2, -0.15) is 0 Å². The number of nitrogens with zero attached hydrogens (tertiary/aromatic N) is 3. The monoisotopic (exact) mass is 333 g/mol. The highest BCUT2D eigenvalue weighted by Gasteiger charge is 2.26. The highest BCUT2D eigenvalue weighted by molar-refractivity contribution is 5.51. The van der Waals surface area contributed by atoms with E-state index in [0.717, 1.165) is 44.3 Å². The van der Waals surface area contributed by atoms with E-state index in [1.165, 1.54) is 12.8 Å². The maximum atomic E-state index is 10.7. The van der Waals surface area contributed by atoms with Gasteiger partial charge in [-0.05, 0) is 44.7 Å². The summed E-state index contributed by atoms with van der Waals surface area (Å²) in [5.74, 6) is 0.733. The van der Waals surface area contributed by atoms with Gasteiger partial charge < -0.3 is 9.64 Å². The smallest absolute Gasteiger partial charge is 0.269 e. The van der Waals surface area contributed by atoms with Crippen molar-refractivity contribution in [2.24, 2.45) is 5.92 Å². The van der Waals surface area contributed by atoms with Crippen LogP contribution in [0.15, 0.2) is 24.3 Å². The molecule has 0 aromatic heterocycles. The zero-order chi connectivity index (χ0) is 17.1. The SMILES string of the molecule is CC1CN(CC2CCN(c3ccc([N+](=O)[O-])cc3)CC2)CC(C)O1. The first-order chi connectivity index (χ1) is 11.5. The van der Waals surface area contributed by atoms with Crippen LogP contribution in [0, 0.1) is 16.0 Å². The van der Waals surface area contributed by atoms with Crippen LogP contribution in [-0.2, 0) is 4.74 Å². The molecule has 0 aliphatic carbocycles. The van der Waals surface area contributed by atoms with Gasteiger partial charge >= 0.3 is 0 Å². The van der Waals surface area contributed by atoms with Gasteiger partial charge in [0.1, 0.15) is 0 Å². The molecule has 2 saturated heterocycles. The lowest BCUT2D eigenvalue weighted by atomic mass is 9.95. The molecule has 0 bridgehead atoms. The summed E-state index contributed by atoms with van der Waals surface area (Å²) in [5.41, 5.74) is 1.25. The molecule has 6 heteroatoms. The molecule has 1 aromatic carbocycles. The first-order valence-corrected chi connectivity index (χ1v) is 8.88. The van der Waals surface area contributed by atoms with Crippen LogP contribution in [0.2, 0.25) is 0 Å². The van der Waals surface area contributed by atoms with E-state index in [0.29, 0.717) is 12.2 Å². The summed E-state index contributed by atoms with van der Waals surface area (Å²) in [5, 5.41) is 10.7. The van der Waals surface area contributed by atoms with Crippen molar-refractivity contribution < 1.29 is 9.66 Å². The number of morpholine rings is 1. The molecule has 6 nitrogen and oxygen atoms in total. The number of hydrogen-bond acceptors (Lipinski definition) is 5. The van der Waals surface area contributed by atoms with Crippen LogP contribution in [0.25, 0.3) is 0 Å². The lowest BCUT2D eigenvalue weighted by Crippen LogP contribution is -2.48. The number of nitro groups is 1. The minimum absolute atomic E-state index is 0.157. The van der Waals surface area contributed by atoms with Crippen LogP contribution in [0.1, 0.15) is 26.7 Å². The number of ether oxygens (including phenoxy) is 1. The summed E-state index contributed by atoms with van der Waals surface area (Å²) in [6.07, 6.45) is 3.01. The van der Waals surface area contributed by atoms with Gasteiger partial charge in [-0.3, -0.25) is 15.0 Å². The number of rotatable bonds is 4.